The number of para-hydroxylation sites is 1. The first kappa shape index (κ1) is 13.7. The van der Waals surface area contributed by atoms with E-state index in [1.165, 1.54) is 17.4 Å². The van der Waals surface area contributed by atoms with E-state index in [-0.39, 0.29) is 5.82 Å². The molecule has 0 saturated carbocycles. The van der Waals surface area contributed by atoms with Gasteiger partial charge in [-0.05, 0) is 18.6 Å². The predicted molar refractivity (Wildman–Crippen MR) is 77.2 cm³/mol. The van der Waals surface area contributed by atoms with E-state index in [2.05, 4.69) is 22.4 Å². The van der Waals surface area contributed by atoms with Gasteiger partial charge in [0.05, 0.1) is 12.2 Å². The maximum atomic E-state index is 13.6. The van der Waals surface area contributed by atoms with Crippen LogP contribution in [0.3, 0.4) is 0 Å². The van der Waals surface area contributed by atoms with E-state index in [1.807, 2.05) is 18.0 Å². The van der Waals surface area contributed by atoms with E-state index in [1.54, 1.807) is 12.1 Å². The Hall–Kier alpha value is -1.69. The number of hydrogen-bond acceptors (Lipinski definition) is 5. The molecule has 0 saturated heterocycles. The third-order valence-corrected chi connectivity index (χ3v) is 3.49. The average Bonchev–Trinajstić information content (AvgIpc) is 2.84. The lowest BCUT2D eigenvalue weighted by molar-refractivity contribution is 0.622. The number of anilines is 2. The molecule has 2 rings (SSSR count). The van der Waals surface area contributed by atoms with Gasteiger partial charge in [-0.3, -0.25) is 0 Å². The van der Waals surface area contributed by atoms with Crippen LogP contribution in [0, 0.1) is 5.82 Å². The number of halogens is 1. The van der Waals surface area contributed by atoms with Crippen molar-refractivity contribution in [2.75, 3.05) is 23.8 Å². The molecule has 4 nitrogen and oxygen atoms in total. The van der Waals surface area contributed by atoms with Crippen molar-refractivity contribution in [1.82, 2.24) is 10.2 Å². The maximum Gasteiger partial charge on any atom is 0.205 e. The van der Waals surface area contributed by atoms with Crippen LogP contribution in [0.25, 0.3) is 0 Å². The molecule has 0 amide bonds. The van der Waals surface area contributed by atoms with Crippen LogP contribution in [0.5, 0.6) is 0 Å². The predicted octanol–water partition coefficient (Wildman–Crippen LogP) is 3.14. The second-order valence-electron chi connectivity index (χ2n) is 4.24. The van der Waals surface area contributed by atoms with Crippen LogP contribution in [-0.4, -0.2) is 23.8 Å². The molecule has 0 spiro atoms. The van der Waals surface area contributed by atoms with Gasteiger partial charge in [0, 0.05) is 13.6 Å². The molecular weight excluding hydrogens is 263 g/mol. The third-order valence-electron chi connectivity index (χ3n) is 2.63. The minimum atomic E-state index is -0.223. The second-order valence-corrected chi connectivity index (χ2v) is 5.30. The summed E-state index contributed by atoms with van der Waals surface area (Å²) in [7, 11) is 1.85. The number of nitrogens with zero attached hydrogens (tertiary/aromatic N) is 3. The fourth-order valence-corrected chi connectivity index (χ4v) is 2.49. The Kier molecular flexibility index (Phi) is 4.68. The topological polar surface area (TPSA) is 41.1 Å². The lowest BCUT2D eigenvalue weighted by Crippen LogP contribution is -2.17. The standard InChI is InChI=1S/C13H17FN4S/c1-3-8-15-13-17-16-12(19-13)9-18(2)11-7-5-4-6-10(11)14/h4-7H,3,8-9H2,1-2H3,(H,15,17). The highest BCUT2D eigenvalue weighted by molar-refractivity contribution is 7.15. The Morgan fingerprint density at radius 2 is 2.11 bits per heavy atom. The van der Waals surface area contributed by atoms with Crippen molar-refractivity contribution >= 4 is 22.2 Å². The normalized spacial score (nSPS) is 10.5. The number of hydrogen-bond donors (Lipinski definition) is 1. The van der Waals surface area contributed by atoms with Crippen LogP contribution in [0.1, 0.15) is 18.4 Å². The van der Waals surface area contributed by atoms with Gasteiger partial charge in [-0.1, -0.05) is 30.4 Å². The molecule has 6 heteroatoms. The molecule has 19 heavy (non-hydrogen) atoms. The quantitative estimate of drug-likeness (QED) is 0.882. The molecule has 1 aromatic heterocycles. The Bertz CT molecular complexity index is 529. The van der Waals surface area contributed by atoms with Crippen LogP contribution < -0.4 is 10.2 Å². The van der Waals surface area contributed by atoms with Crippen LogP contribution in [-0.2, 0) is 6.54 Å². The van der Waals surface area contributed by atoms with Crippen molar-refractivity contribution in [2.45, 2.75) is 19.9 Å². The van der Waals surface area contributed by atoms with Gasteiger partial charge < -0.3 is 10.2 Å². The van der Waals surface area contributed by atoms with Crippen LogP contribution in [0.4, 0.5) is 15.2 Å². The molecule has 0 aliphatic carbocycles. The summed E-state index contributed by atoms with van der Waals surface area (Å²) >= 11 is 1.50. The van der Waals surface area contributed by atoms with Crippen molar-refractivity contribution in [3.8, 4) is 0 Å². The highest BCUT2D eigenvalue weighted by Gasteiger charge is 2.10. The van der Waals surface area contributed by atoms with Crippen LogP contribution in [0.15, 0.2) is 24.3 Å². The van der Waals surface area contributed by atoms with Gasteiger partial charge in [-0.15, -0.1) is 10.2 Å². The van der Waals surface area contributed by atoms with Crippen LogP contribution in [0.2, 0.25) is 0 Å². The SMILES string of the molecule is CCCNc1nnc(CN(C)c2ccccc2F)s1. The lowest BCUT2D eigenvalue weighted by Gasteiger charge is -2.17. The number of aromatic nitrogens is 2. The lowest BCUT2D eigenvalue weighted by atomic mass is 10.3. The van der Waals surface area contributed by atoms with Crippen molar-refractivity contribution in [1.29, 1.82) is 0 Å². The molecule has 0 atom stereocenters. The number of benzene rings is 1. The highest BCUT2D eigenvalue weighted by atomic mass is 32.1. The molecule has 102 valence electrons. The Morgan fingerprint density at radius 1 is 1.32 bits per heavy atom. The largest absolute Gasteiger partial charge is 0.365 e. The zero-order valence-corrected chi connectivity index (χ0v) is 11.9. The monoisotopic (exact) mass is 280 g/mol. The van der Waals surface area contributed by atoms with Crippen molar-refractivity contribution in [3.05, 3.63) is 35.1 Å². The molecule has 1 N–H and O–H groups in total. The summed E-state index contributed by atoms with van der Waals surface area (Å²) in [5.41, 5.74) is 0.570. The van der Waals surface area contributed by atoms with Gasteiger partial charge in [0.25, 0.3) is 0 Å². The van der Waals surface area contributed by atoms with Gasteiger partial charge in [0.1, 0.15) is 10.8 Å². The van der Waals surface area contributed by atoms with Gasteiger partial charge in [-0.25, -0.2) is 4.39 Å². The summed E-state index contributed by atoms with van der Waals surface area (Å²) in [4.78, 5) is 1.83. The molecule has 2 aromatic rings. The summed E-state index contributed by atoms with van der Waals surface area (Å²) in [5.74, 6) is -0.223. The molecule has 0 radical (unpaired) electrons. The molecule has 1 heterocycles. The van der Waals surface area contributed by atoms with E-state index < -0.39 is 0 Å². The number of rotatable bonds is 6. The molecule has 1 aromatic carbocycles. The van der Waals surface area contributed by atoms with E-state index >= 15 is 0 Å². The van der Waals surface area contributed by atoms with Gasteiger partial charge >= 0.3 is 0 Å². The van der Waals surface area contributed by atoms with Crippen LogP contribution >= 0.6 is 11.3 Å². The van der Waals surface area contributed by atoms with Gasteiger partial charge in [0.15, 0.2) is 0 Å². The first-order chi connectivity index (χ1) is 9.20. The van der Waals surface area contributed by atoms with Crippen molar-refractivity contribution in [3.63, 3.8) is 0 Å². The minimum Gasteiger partial charge on any atom is -0.365 e. The third kappa shape index (κ3) is 3.64. The second kappa shape index (κ2) is 6.47. The number of nitrogens with one attached hydrogen (secondary N) is 1. The summed E-state index contributed by atoms with van der Waals surface area (Å²) in [6.07, 6.45) is 1.05. The molecule has 0 bridgehead atoms. The summed E-state index contributed by atoms with van der Waals surface area (Å²) in [6, 6.07) is 6.72. The smallest absolute Gasteiger partial charge is 0.205 e. The van der Waals surface area contributed by atoms with E-state index in [0.717, 1.165) is 23.1 Å². The Balaban J connectivity index is 2.01. The van der Waals surface area contributed by atoms with Crippen molar-refractivity contribution in [2.24, 2.45) is 0 Å². The summed E-state index contributed by atoms with van der Waals surface area (Å²) in [6.45, 7) is 3.53. The zero-order valence-electron chi connectivity index (χ0n) is 11.1. The van der Waals surface area contributed by atoms with Crippen molar-refractivity contribution < 1.29 is 4.39 Å². The summed E-state index contributed by atoms with van der Waals surface area (Å²) in [5, 5.41) is 13.0. The highest BCUT2D eigenvalue weighted by Crippen LogP contribution is 2.22. The van der Waals surface area contributed by atoms with Gasteiger partial charge in [0.2, 0.25) is 5.13 Å². The molecule has 0 unspecified atom stereocenters. The average molecular weight is 280 g/mol. The molecular formula is C13H17FN4S. The molecule has 0 fully saturated rings. The first-order valence-corrected chi connectivity index (χ1v) is 7.04. The molecule has 0 aliphatic heterocycles. The first-order valence-electron chi connectivity index (χ1n) is 6.22. The summed E-state index contributed by atoms with van der Waals surface area (Å²) < 4.78 is 13.6. The van der Waals surface area contributed by atoms with E-state index in [0.29, 0.717) is 12.2 Å². The van der Waals surface area contributed by atoms with E-state index in [9.17, 15) is 4.39 Å². The molecule has 0 aliphatic rings. The minimum absolute atomic E-state index is 0.223. The fourth-order valence-electron chi connectivity index (χ4n) is 1.67. The maximum absolute atomic E-state index is 13.6. The Morgan fingerprint density at radius 3 is 2.84 bits per heavy atom. The fraction of sp³-hybridized carbons (Fsp3) is 0.385. The zero-order chi connectivity index (χ0) is 13.7. The van der Waals surface area contributed by atoms with Gasteiger partial charge in [-0.2, -0.15) is 0 Å². The van der Waals surface area contributed by atoms with E-state index in [4.69, 9.17) is 0 Å². The Labute approximate surface area is 116 Å².